The first-order valence-electron chi connectivity index (χ1n) is 7.04. The number of nitrogens with one attached hydrogen (secondary N) is 1. The first-order valence-corrected chi connectivity index (χ1v) is 7.85. The Balaban J connectivity index is 2.27. The molecule has 1 atom stereocenters. The lowest BCUT2D eigenvalue weighted by Crippen LogP contribution is -2.17. The van der Waals surface area contributed by atoms with Crippen molar-refractivity contribution in [1.82, 2.24) is 10.3 Å². The minimum absolute atomic E-state index is 0.358. The Labute approximate surface area is 125 Å². The first-order chi connectivity index (χ1) is 9.52. The summed E-state index contributed by atoms with van der Waals surface area (Å²) in [4.78, 5) is 8.20. The molecule has 0 fully saturated rings. The molecule has 108 valence electrons. The van der Waals surface area contributed by atoms with Gasteiger partial charge in [-0.3, -0.25) is 0 Å². The van der Waals surface area contributed by atoms with Gasteiger partial charge in [-0.25, -0.2) is 4.98 Å². The average molecular weight is 289 g/mol. The summed E-state index contributed by atoms with van der Waals surface area (Å²) in [6.45, 7) is 9.50. The molecule has 1 unspecified atom stereocenters. The zero-order valence-corrected chi connectivity index (χ0v) is 13.7. The minimum Gasteiger partial charge on any atom is -0.321 e. The Hall–Kier alpha value is -1.39. The minimum atomic E-state index is 0.358. The van der Waals surface area contributed by atoms with Gasteiger partial charge in [0, 0.05) is 23.7 Å². The van der Waals surface area contributed by atoms with Crippen LogP contribution >= 0.6 is 11.3 Å². The van der Waals surface area contributed by atoms with Crippen LogP contribution in [0.2, 0.25) is 0 Å². The molecule has 0 saturated heterocycles. The van der Waals surface area contributed by atoms with Gasteiger partial charge in [0.1, 0.15) is 0 Å². The highest BCUT2D eigenvalue weighted by Gasteiger charge is 2.16. The number of nitrogens with zero attached hydrogens (tertiary/aromatic N) is 2. The third-order valence-electron chi connectivity index (χ3n) is 3.40. The van der Waals surface area contributed by atoms with Gasteiger partial charge in [0.05, 0.1) is 5.69 Å². The third-order valence-corrected chi connectivity index (χ3v) is 4.82. The Morgan fingerprint density at radius 2 is 2.10 bits per heavy atom. The second kappa shape index (κ2) is 6.37. The second-order valence-corrected chi connectivity index (χ2v) is 6.13. The lowest BCUT2D eigenvalue weighted by molar-refractivity contribution is 0.603. The molecular weight excluding hydrogens is 266 g/mol. The SMILES string of the molecule is CCNC(C)c1sc(N(C)c2cccc(C)c2)nc1C. The Morgan fingerprint density at radius 1 is 1.35 bits per heavy atom. The summed E-state index contributed by atoms with van der Waals surface area (Å²) in [6, 6.07) is 8.87. The van der Waals surface area contributed by atoms with E-state index in [2.05, 4.69) is 69.2 Å². The molecule has 1 N–H and O–H groups in total. The zero-order chi connectivity index (χ0) is 14.7. The fourth-order valence-corrected chi connectivity index (χ4v) is 3.36. The molecule has 1 aromatic carbocycles. The van der Waals surface area contributed by atoms with Gasteiger partial charge in [-0.1, -0.05) is 30.4 Å². The highest BCUT2D eigenvalue weighted by molar-refractivity contribution is 7.15. The molecule has 0 bridgehead atoms. The summed E-state index contributed by atoms with van der Waals surface area (Å²) < 4.78 is 0. The molecular formula is C16H23N3S. The van der Waals surface area contributed by atoms with E-state index in [1.807, 2.05) is 0 Å². The lowest BCUT2D eigenvalue weighted by Gasteiger charge is -2.16. The van der Waals surface area contributed by atoms with Crippen molar-refractivity contribution in [3.05, 3.63) is 40.4 Å². The average Bonchev–Trinajstić information content (AvgIpc) is 2.80. The summed E-state index contributed by atoms with van der Waals surface area (Å²) in [7, 11) is 2.08. The normalized spacial score (nSPS) is 12.4. The maximum absolute atomic E-state index is 4.72. The molecule has 0 saturated carbocycles. The molecule has 2 aromatic rings. The van der Waals surface area contributed by atoms with Gasteiger partial charge in [0.2, 0.25) is 0 Å². The topological polar surface area (TPSA) is 28.2 Å². The largest absolute Gasteiger partial charge is 0.321 e. The van der Waals surface area contributed by atoms with Crippen molar-refractivity contribution < 1.29 is 0 Å². The van der Waals surface area contributed by atoms with E-state index in [0.29, 0.717) is 6.04 Å². The van der Waals surface area contributed by atoms with Crippen LogP contribution in [0.4, 0.5) is 10.8 Å². The summed E-state index contributed by atoms with van der Waals surface area (Å²) in [6.07, 6.45) is 0. The second-order valence-electron chi connectivity index (χ2n) is 5.12. The first kappa shape index (κ1) is 15.0. The van der Waals surface area contributed by atoms with E-state index in [0.717, 1.165) is 17.4 Å². The van der Waals surface area contributed by atoms with Crippen molar-refractivity contribution in [1.29, 1.82) is 0 Å². The summed E-state index contributed by atoms with van der Waals surface area (Å²) in [5.74, 6) is 0. The Morgan fingerprint density at radius 3 is 2.75 bits per heavy atom. The van der Waals surface area contributed by atoms with Crippen molar-refractivity contribution in [2.24, 2.45) is 0 Å². The molecule has 20 heavy (non-hydrogen) atoms. The van der Waals surface area contributed by atoms with Crippen molar-refractivity contribution >= 4 is 22.2 Å². The number of rotatable bonds is 5. The molecule has 0 aliphatic heterocycles. The number of aryl methyl sites for hydroxylation is 2. The molecule has 0 radical (unpaired) electrons. The zero-order valence-electron chi connectivity index (χ0n) is 12.9. The Bertz CT molecular complexity index is 577. The number of anilines is 2. The summed E-state index contributed by atoms with van der Waals surface area (Å²) in [5, 5.41) is 4.50. The maximum atomic E-state index is 4.72. The summed E-state index contributed by atoms with van der Waals surface area (Å²) >= 11 is 1.77. The highest BCUT2D eigenvalue weighted by Crippen LogP contribution is 2.33. The van der Waals surface area contributed by atoms with Crippen molar-refractivity contribution in [2.45, 2.75) is 33.7 Å². The smallest absolute Gasteiger partial charge is 0.190 e. The van der Waals surface area contributed by atoms with E-state index in [9.17, 15) is 0 Å². The van der Waals surface area contributed by atoms with Crippen molar-refractivity contribution in [3.8, 4) is 0 Å². The van der Waals surface area contributed by atoms with Crippen molar-refractivity contribution in [2.75, 3.05) is 18.5 Å². The van der Waals surface area contributed by atoms with Crippen LogP contribution in [0.3, 0.4) is 0 Å². The predicted molar refractivity (Wildman–Crippen MR) is 88.2 cm³/mol. The third kappa shape index (κ3) is 3.19. The summed E-state index contributed by atoms with van der Waals surface area (Å²) in [5.41, 5.74) is 3.57. The van der Waals surface area contributed by atoms with Crippen LogP contribution < -0.4 is 10.2 Å². The fourth-order valence-electron chi connectivity index (χ4n) is 2.28. The van der Waals surface area contributed by atoms with Gasteiger partial charge in [0.25, 0.3) is 0 Å². The molecule has 2 rings (SSSR count). The van der Waals surface area contributed by atoms with Gasteiger partial charge >= 0.3 is 0 Å². The van der Waals surface area contributed by atoms with E-state index >= 15 is 0 Å². The molecule has 0 spiro atoms. The van der Waals surface area contributed by atoms with Crippen LogP contribution in [-0.2, 0) is 0 Å². The number of hydrogen-bond acceptors (Lipinski definition) is 4. The molecule has 3 nitrogen and oxygen atoms in total. The van der Waals surface area contributed by atoms with E-state index in [1.165, 1.54) is 16.1 Å². The molecule has 0 amide bonds. The monoisotopic (exact) mass is 289 g/mol. The van der Waals surface area contributed by atoms with Crippen LogP contribution in [0.5, 0.6) is 0 Å². The molecule has 0 aliphatic carbocycles. The van der Waals surface area contributed by atoms with Gasteiger partial charge in [-0.2, -0.15) is 0 Å². The van der Waals surface area contributed by atoms with Crippen LogP contribution in [0.25, 0.3) is 0 Å². The van der Waals surface area contributed by atoms with Crippen LogP contribution in [0.15, 0.2) is 24.3 Å². The number of thiazole rings is 1. The van der Waals surface area contributed by atoms with E-state index < -0.39 is 0 Å². The number of hydrogen-bond donors (Lipinski definition) is 1. The Kier molecular flexibility index (Phi) is 4.78. The predicted octanol–water partition coefficient (Wildman–Crippen LogP) is 4.20. The van der Waals surface area contributed by atoms with E-state index in [1.54, 1.807) is 11.3 Å². The van der Waals surface area contributed by atoms with E-state index in [4.69, 9.17) is 4.98 Å². The van der Waals surface area contributed by atoms with Crippen LogP contribution in [0.1, 0.15) is 36.0 Å². The highest BCUT2D eigenvalue weighted by atomic mass is 32.1. The fraction of sp³-hybridized carbons (Fsp3) is 0.438. The molecule has 1 aromatic heterocycles. The van der Waals surface area contributed by atoms with Gasteiger partial charge in [-0.15, -0.1) is 0 Å². The van der Waals surface area contributed by atoms with Crippen molar-refractivity contribution in [3.63, 3.8) is 0 Å². The van der Waals surface area contributed by atoms with Gasteiger partial charge in [-0.05, 0) is 45.0 Å². The molecule has 4 heteroatoms. The number of aromatic nitrogens is 1. The molecule has 1 heterocycles. The lowest BCUT2D eigenvalue weighted by atomic mass is 10.2. The number of benzene rings is 1. The van der Waals surface area contributed by atoms with Gasteiger partial charge in [0.15, 0.2) is 5.13 Å². The van der Waals surface area contributed by atoms with Crippen LogP contribution in [-0.4, -0.2) is 18.6 Å². The molecule has 0 aliphatic rings. The standard InChI is InChI=1S/C16H23N3S/c1-6-17-12(3)15-13(4)18-16(20-15)19(5)14-9-7-8-11(2)10-14/h7-10,12,17H,6H2,1-5H3. The maximum Gasteiger partial charge on any atom is 0.190 e. The van der Waals surface area contributed by atoms with Gasteiger partial charge < -0.3 is 10.2 Å². The van der Waals surface area contributed by atoms with E-state index in [-0.39, 0.29) is 0 Å². The quantitative estimate of drug-likeness (QED) is 0.894. The van der Waals surface area contributed by atoms with Crippen LogP contribution in [0, 0.1) is 13.8 Å².